The SMILES string of the molecule is O=C(O)N1CCN(C(=O)c2ncn(C3CCCCC3O)c2-c2ccccc2)[C@H](Cc2ccccc2)C1. The quantitative estimate of drug-likeness (QED) is 0.564. The molecule has 3 atom stereocenters. The average molecular weight is 489 g/mol. The fourth-order valence-corrected chi connectivity index (χ4v) is 5.56. The van der Waals surface area contributed by atoms with Gasteiger partial charge in [-0.05, 0) is 24.8 Å². The van der Waals surface area contributed by atoms with Crippen LogP contribution in [-0.4, -0.2) is 73.3 Å². The summed E-state index contributed by atoms with van der Waals surface area (Å²) in [6.07, 6.45) is 4.37. The second-order valence-electron chi connectivity index (χ2n) is 9.70. The summed E-state index contributed by atoms with van der Waals surface area (Å²) in [5.41, 5.74) is 2.98. The van der Waals surface area contributed by atoms with Crippen molar-refractivity contribution >= 4 is 12.0 Å². The highest BCUT2D eigenvalue weighted by molar-refractivity contribution is 5.98. The number of piperazine rings is 1. The predicted octanol–water partition coefficient (Wildman–Crippen LogP) is 4.07. The van der Waals surface area contributed by atoms with Gasteiger partial charge >= 0.3 is 6.09 Å². The molecule has 1 aromatic heterocycles. The van der Waals surface area contributed by atoms with E-state index >= 15 is 0 Å². The third-order valence-corrected chi connectivity index (χ3v) is 7.42. The van der Waals surface area contributed by atoms with Gasteiger partial charge in [-0.1, -0.05) is 73.5 Å². The topological polar surface area (TPSA) is 98.9 Å². The number of nitrogens with zero attached hydrogens (tertiary/aromatic N) is 4. The van der Waals surface area contributed by atoms with E-state index in [1.54, 1.807) is 11.2 Å². The Morgan fingerprint density at radius 3 is 2.33 bits per heavy atom. The summed E-state index contributed by atoms with van der Waals surface area (Å²) in [5, 5.41) is 20.4. The fraction of sp³-hybridized carbons (Fsp3) is 0.393. The molecule has 2 N–H and O–H groups in total. The first-order valence-electron chi connectivity index (χ1n) is 12.7. The number of aliphatic hydroxyl groups excluding tert-OH is 1. The van der Waals surface area contributed by atoms with Crippen LogP contribution in [0, 0.1) is 0 Å². The Morgan fingerprint density at radius 1 is 0.944 bits per heavy atom. The van der Waals surface area contributed by atoms with Gasteiger partial charge in [-0.25, -0.2) is 9.78 Å². The molecule has 2 fully saturated rings. The van der Waals surface area contributed by atoms with Crippen molar-refractivity contribution in [3.8, 4) is 11.3 Å². The van der Waals surface area contributed by atoms with Crippen LogP contribution in [0.4, 0.5) is 4.79 Å². The first-order chi connectivity index (χ1) is 17.5. The van der Waals surface area contributed by atoms with E-state index in [9.17, 15) is 19.8 Å². The molecule has 1 aliphatic carbocycles. The normalized spacial score (nSPS) is 22.4. The molecule has 3 aromatic rings. The number of aromatic nitrogens is 2. The van der Waals surface area contributed by atoms with E-state index in [1.165, 1.54) is 4.90 Å². The third kappa shape index (κ3) is 4.86. The minimum atomic E-state index is -0.972. The zero-order chi connectivity index (χ0) is 25.1. The highest BCUT2D eigenvalue weighted by Gasteiger charge is 2.36. The summed E-state index contributed by atoms with van der Waals surface area (Å²) in [5.74, 6) is -0.205. The second-order valence-corrected chi connectivity index (χ2v) is 9.70. The number of benzene rings is 2. The number of amides is 2. The summed E-state index contributed by atoms with van der Waals surface area (Å²) in [6, 6.07) is 19.1. The molecule has 8 nitrogen and oxygen atoms in total. The Labute approximate surface area is 210 Å². The summed E-state index contributed by atoms with van der Waals surface area (Å²) in [4.78, 5) is 33.6. The van der Waals surface area contributed by atoms with E-state index in [0.717, 1.165) is 36.8 Å². The van der Waals surface area contributed by atoms with Gasteiger partial charge in [0.25, 0.3) is 5.91 Å². The molecule has 1 saturated heterocycles. The second kappa shape index (κ2) is 10.5. The Morgan fingerprint density at radius 2 is 1.64 bits per heavy atom. The maximum Gasteiger partial charge on any atom is 0.407 e. The number of rotatable bonds is 5. The molecule has 188 valence electrons. The predicted molar refractivity (Wildman–Crippen MR) is 136 cm³/mol. The smallest absolute Gasteiger partial charge is 0.407 e. The van der Waals surface area contributed by atoms with Crippen molar-refractivity contribution in [1.82, 2.24) is 19.4 Å². The molecule has 0 radical (unpaired) electrons. The van der Waals surface area contributed by atoms with Crippen molar-refractivity contribution in [2.75, 3.05) is 19.6 Å². The van der Waals surface area contributed by atoms with Crippen LogP contribution in [0.25, 0.3) is 11.3 Å². The molecule has 1 saturated carbocycles. The summed E-state index contributed by atoms with van der Waals surface area (Å²) < 4.78 is 1.98. The van der Waals surface area contributed by atoms with Gasteiger partial charge in [-0.2, -0.15) is 0 Å². The van der Waals surface area contributed by atoms with Gasteiger partial charge in [0.05, 0.1) is 30.2 Å². The lowest BCUT2D eigenvalue weighted by Crippen LogP contribution is -2.57. The van der Waals surface area contributed by atoms with Gasteiger partial charge in [0.15, 0.2) is 5.69 Å². The number of carboxylic acid groups (broad SMARTS) is 1. The molecular weight excluding hydrogens is 456 g/mol. The van der Waals surface area contributed by atoms with Gasteiger partial charge in [0, 0.05) is 25.2 Å². The van der Waals surface area contributed by atoms with Gasteiger partial charge in [-0.15, -0.1) is 0 Å². The number of imidazole rings is 1. The van der Waals surface area contributed by atoms with Crippen LogP contribution in [0.15, 0.2) is 67.0 Å². The maximum absolute atomic E-state index is 14.1. The first kappa shape index (κ1) is 24.1. The summed E-state index contributed by atoms with van der Waals surface area (Å²) in [6.45, 7) is 0.809. The minimum absolute atomic E-state index is 0.132. The van der Waals surface area contributed by atoms with Crippen molar-refractivity contribution in [2.24, 2.45) is 0 Å². The van der Waals surface area contributed by atoms with Crippen molar-refractivity contribution in [3.05, 3.63) is 78.2 Å². The Balaban J connectivity index is 1.51. The van der Waals surface area contributed by atoms with Crippen LogP contribution in [0.2, 0.25) is 0 Å². The van der Waals surface area contributed by atoms with Crippen molar-refractivity contribution < 1.29 is 19.8 Å². The van der Waals surface area contributed by atoms with Crippen LogP contribution in [0.3, 0.4) is 0 Å². The third-order valence-electron chi connectivity index (χ3n) is 7.42. The van der Waals surface area contributed by atoms with Crippen LogP contribution >= 0.6 is 0 Å². The molecule has 36 heavy (non-hydrogen) atoms. The van der Waals surface area contributed by atoms with E-state index in [4.69, 9.17) is 0 Å². The molecule has 2 amide bonds. The molecule has 5 rings (SSSR count). The Kier molecular flexibility index (Phi) is 7.04. The largest absolute Gasteiger partial charge is 0.465 e. The van der Waals surface area contributed by atoms with Crippen LogP contribution in [-0.2, 0) is 6.42 Å². The van der Waals surface area contributed by atoms with Crippen molar-refractivity contribution in [3.63, 3.8) is 0 Å². The number of hydrogen-bond acceptors (Lipinski definition) is 4. The zero-order valence-electron chi connectivity index (χ0n) is 20.2. The minimum Gasteiger partial charge on any atom is -0.465 e. The van der Waals surface area contributed by atoms with Crippen LogP contribution < -0.4 is 0 Å². The molecule has 0 bridgehead atoms. The Hall–Kier alpha value is -3.65. The standard InChI is InChI=1S/C28H32N4O4/c33-24-14-8-7-13-23(24)32-19-29-25(26(32)21-11-5-2-6-12-21)27(34)31-16-15-30(28(35)36)18-22(31)17-20-9-3-1-4-10-20/h1-6,9-12,19,22-24,33H,7-8,13-18H2,(H,35,36)/t22-,23?,24?/m1/s1. The van der Waals surface area contributed by atoms with Gasteiger partial charge in [0.2, 0.25) is 0 Å². The molecule has 8 heteroatoms. The van der Waals surface area contributed by atoms with Gasteiger partial charge in [0.1, 0.15) is 0 Å². The number of carbonyl (C=O) groups excluding carboxylic acids is 1. The fourth-order valence-electron chi connectivity index (χ4n) is 5.56. The monoisotopic (exact) mass is 488 g/mol. The lowest BCUT2D eigenvalue weighted by Gasteiger charge is -2.40. The zero-order valence-corrected chi connectivity index (χ0v) is 20.2. The highest BCUT2D eigenvalue weighted by Crippen LogP contribution is 2.35. The molecule has 2 aromatic carbocycles. The van der Waals surface area contributed by atoms with E-state index in [-0.39, 0.29) is 31.1 Å². The first-order valence-corrected chi connectivity index (χ1v) is 12.7. The lowest BCUT2D eigenvalue weighted by molar-refractivity contribution is 0.0446. The summed E-state index contributed by atoms with van der Waals surface area (Å²) in [7, 11) is 0. The molecule has 0 spiro atoms. The lowest BCUT2D eigenvalue weighted by atomic mass is 9.92. The van der Waals surface area contributed by atoms with E-state index in [0.29, 0.717) is 24.4 Å². The summed E-state index contributed by atoms with van der Waals surface area (Å²) >= 11 is 0. The molecular formula is C28H32N4O4. The maximum atomic E-state index is 14.1. The number of hydrogen-bond donors (Lipinski definition) is 2. The Bertz CT molecular complexity index is 1200. The van der Waals surface area contributed by atoms with Crippen molar-refractivity contribution in [1.29, 1.82) is 0 Å². The molecule has 2 unspecified atom stereocenters. The van der Waals surface area contributed by atoms with E-state index < -0.39 is 12.2 Å². The van der Waals surface area contributed by atoms with E-state index in [1.807, 2.05) is 65.2 Å². The molecule has 2 heterocycles. The van der Waals surface area contributed by atoms with Crippen LogP contribution in [0.5, 0.6) is 0 Å². The van der Waals surface area contributed by atoms with Crippen molar-refractivity contribution in [2.45, 2.75) is 50.3 Å². The molecule has 2 aliphatic rings. The average Bonchev–Trinajstić information content (AvgIpc) is 3.34. The molecule has 1 aliphatic heterocycles. The van der Waals surface area contributed by atoms with Gasteiger partial charge < -0.3 is 24.6 Å². The number of aliphatic hydroxyl groups is 1. The van der Waals surface area contributed by atoms with Gasteiger partial charge in [-0.3, -0.25) is 4.79 Å². The number of carbonyl (C=O) groups is 2. The highest BCUT2D eigenvalue weighted by atomic mass is 16.4. The van der Waals surface area contributed by atoms with Crippen LogP contribution in [0.1, 0.15) is 47.8 Å². The van der Waals surface area contributed by atoms with E-state index in [2.05, 4.69) is 4.98 Å².